The summed E-state index contributed by atoms with van der Waals surface area (Å²) in [6, 6.07) is 17.4. The van der Waals surface area contributed by atoms with Crippen LogP contribution in [0, 0.1) is 0 Å². The van der Waals surface area contributed by atoms with E-state index in [9.17, 15) is 4.79 Å². The normalized spacial score (nSPS) is 11.9. The number of aryl methyl sites for hydroxylation is 1. The van der Waals surface area contributed by atoms with Gasteiger partial charge in [-0.1, -0.05) is 25.1 Å². The second-order valence-electron chi connectivity index (χ2n) is 6.48. The first-order chi connectivity index (χ1) is 13.7. The van der Waals surface area contributed by atoms with Crippen molar-refractivity contribution in [3.63, 3.8) is 0 Å². The van der Waals surface area contributed by atoms with Crippen LogP contribution in [0.3, 0.4) is 0 Å². The van der Waals surface area contributed by atoms with Crippen molar-refractivity contribution in [3.8, 4) is 11.5 Å². The molecular weight excluding hydrogens is 354 g/mol. The van der Waals surface area contributed by atoms with Gasteiger partial charge < -0.3 is 20.1 Å². The van der Waals surface area contributed by atoms with Gasteiger partial charge in [0.1, 0.15) is 5.69 Å². The Morgan fingerprint density at radius 2 is 1.71 bits per heavy atom. The van der Waals surface area contributed by atoms with E-state index >= 15 is 0 Å². The maximum absolute atomic E-state index is 12.3. The van der Waals surface area contributed by atoms with Crippen molar-refractivity contribution in [3.05, 3.63) is 77.6 Å². The van der Waals surface area contributed by atoms with E-state index in [0.717, 1.165) is 29.1 Å². The highest BCUT2D eigenvalue weighted by Gasteiger charge is 2.14. The lowest BCUT2D eigenvalue weighted by molar-refractivity contribution is 0.0946. The number of nitrogens with zero attached hydrogens (tertiary/aromatic N) is 1. The molecule has 4 rings (SSSR count). The molecule has 0 radical (unpaired) electrons. The van der Waals surface area contributed by atoms with Crippen LogP contribution in [0.1, 0.15) is 28.5 Å². The van der Waals surface area contributed by atoms with Gasteiger partial charge in [0.25, 0.3) is 5.91 Å². The zero-order valence-electron chi connectivity index (χ0n) is 15.6. The average Bonchev–Trinajstić information content (AvgIpc) is 3.21. The van der Waals surface area contributed by atoms with Gasteiger partial charge in [-0.2, -0.15) is 0 Å². The van der Waals surface area contributed by atoms with E-state index in [4.69, 9.17) is 9.47 Å². The summed E-state index contributed by atoms with van der Waals surface area (Å²) >= 11 is 0. The second-order valence-corrected chi connectivity index (χ2v) is 6.48. The molecule has 3 aromatic rings. The van der Waals surface area contributed by atoms with E-state index in [0.29, 0.717) is 18.0 Å². The van der Waals surface area contributed by atoms with Crippen molar-refractivity contribution in [1.82, 2.24) is 10.3 Å². The molecule has 1 aliphatic heterocycles. The lowest BCUT2D eigenvalue weighted by Gasteiger charge is -2.09. The molecule has 0 saturated carbocycles. The van der Waals surface area contributed by atoms with Crippen LogP contribution in [-0.2, 0) is 13.0 Å². The van der Waals surface area contributed by atoms with E-state index in [2.05, 4.69) is 34.7 Å². The van der Waals surface area contributed by atoms with Crippen LogP contribution in [0.2, 0.25) is 0 Å². The number of carbonyl (C=O) groups is 1. The third kappa shape index (κ3) is 4.06. The number of amides is 1. The minimum Gasteiger partial charge on any atom is -0.454 e. The molecule has 142 valence electrons. The Morgan fingerprint density at radius 1 is 0.964 bits per heavy atom. The van der Waals surface area contributed by atoms with E-state index in [-0.39, 0.29) is 12.7 Å². The molecule has 0 aliphatic carbocycles. The van der Waals surface area contributed by atoms with Crippen molar-refractivity contribution in [2.75, 3.05) is 12.1 Å². The SMILES string of the molecule is CCc1ccc(Nc2ccc(C(=O)NCc3ccc4c(c3)OCO4)nc2)cc1. The number of nitrogens with one attached hydrogen (secondary N) is 2. The second kappa shape index (κ2) is 8.00. The molecule has 6 nitrogen and oxygen atoms in total. The molecule has 1 aromatic heterocycles. The zero-order valence-corrected chi connectivity index (χ0v) is 15.6. The van der Waals surface area contributed by atoms with Crippen molar-refractivity contribution in [1.29, 1.82) is 0 Å². The van der Waals surface area contributed by atoms with Crippen LogP contribution < -0.4 is 20.1 Å². The predicted octanol–water partition coefficient (Wildman–Crippen LogP) is 4.05. The van der Waals surface area contributed by atoms with Crippen molar-refractivity contribution >= 4 is 17.3 Å². The average molecular weight is 375 g/mol. The molecule has 1 amide bonds. The first-order valence-corrected chi connectivity index (χ1v) is 9.20. The highest BCUT2D eigenvalue weighted by atomic mass is 16.7. The number of ether oxygens (including phenoxy) is 2. The molecule has 28 heavy (non-hydrogen) atoms. The summed E-state index contributed by atoms with van der Waals surface area (Å²) in [6.45, 7) is 2.75. The number of anilines is 2. The predicted molar refractivity (Wildman–Crippen MR) is 107 cm³/mol. The van der Waals surface area contributed by atoms with Gasteiger partial charge in [-0.3, -0.25) is 4.79 Å². The summed E-state index contributed by atoms with van der Waals surface area (Å²) in [4.78, 5) is 16.6. The largest absolute Gasteiger partial charge is 0.454 e. The summed E-state index contributed by atoms with van der Waals surface area (Å²) in [5, 5.41) is 6.15. The van der Waals surface area contributed by atoms with E-state index in [1.165, 1.54) is 5.56 Å². The first kappa shape index (κ1) is 17.9. The van der Waals surface area contributed by atoms with Gasteiger partial charge in [0.05, 0.1) is 11.9 Å². The smallest absolute Gasteiger partial charge is 0.270 e. The van der Waals surface area contributed by atoms with Crippen LogP contribution in [0.5, 0.6) is 11.5 Å². The Bertz CT molecular complexity index is 969. The molecule has 0 spiro atoms. The number of hydrogen-bond donors (Lipinski definition) is 2. The van der Waals surface area contributed by atoms with Crippen LogP contribution >= 0.6 is 0 Å². The fraction of sp³-hybridized carbons (Fsp3) is 0.182. The molecule has 0 bridgehead atoms. The van der Waals surface area contributed by atoms with Crippen LogP contribution in [0.25, 0.3) is 0 Å². The Labute approximate surface area is 163 Å². The van der Waals surface area contributed by atoms with Crippen molar-refractivity contribution in [2.45, 2.75) is 19.9 Å². The van der Waals surface area contributed by atoms with Gasteiger partial charge in [0.15, 0.2) is 11.5 Å². The number of hydrogen-bond acceptors (Lipinski definition) is 5. The summed E-state index contributed by atoms with van der Waals surface area (Å²) in [5.74, 6) is 1.20. The maximum Gasteiger partial charge on any atom is 0.270 e. The number of benzene rings is 2. The van der Waals surface area contributed by atoms with Gasteiger partial charge in [-0.25, -0.2) is 4.98 Å². The van der Waals surface area contributed by atoms with E-state index in [1.54, 1.807) is 12.3 Å². The first-order valence-electron chi connectivity index (χ1n) is 9.20. The summed E-state index contributed by atoms with van der Waals surface area (Å²) in [5.41, 5.74) is 4.41. The Balaban J connectivity index is 1.34. The number of aromatic nitrogens is 1. The van der Waals surface area contributed by atoms with Crippen molar-refractivity contribution in [2.24, 2.45) is 0 Å². The highest BCUT2D eigenvalue weighted by Crippen LogP contribution is 2.32. The summed E-state index contributed by atoms with van der Waals surface area (Å²) < 4.78 is 10.6. The number of rotatable bonds is 6. The molecule has 0 atom stereocenters. The van der Waals surface area contributed by atoms with E-state index in [1.807, 2.05) is 36.4 Å². The van der Waals surface area contributed by atoms with Gasteiger partial charge in [-0.15, -0.1) is 0 Å². The lowest BCUT2D eigenvalue weighted by atomic mass is 10.1. The van der Waals surface area contributed by atoms with Crippen LogP contribution in [0.4, 0.5) is 11.4 Å². The van der Waals surface area contributed by atoms with E-state index < -0.39 is 0 Å². The molecule has 2 N–H and O–H groups in total. The standard InChI is InChI=1S/C22H21N3O3/c1-2-15-3-6-17(7-4-15)25-18-8-9-19(23-13-18)22(26)24-12-16-5-10-20-21(11-16)28-14-27-20/h3-11,13,25H,2,12,14H2,1H3,(H,24,26). The van der Waals surface area contributed by atoms with Crippen molar-refractivity contribution < 1.29 is 14.3 Å². The van der Waals surface area contributed by atoms with Gasteiger partial charge >= 0.3 is 0 Å². The summed E-state index contributed by atoms with van der Waals surface area (Å²) in [6.07, 6.45) is 2.67. The number of pyridine rings is 1. The molecular formula is C22H21N3O3. The number of carbonyl (C=O) groups excluding carboxylic acids is 1. The molecule has 0 fully saturated rings. The fourth-order valence-corrected chi connectivity index (χ4v) is 2.92. The monoisotopic (exact) mass is 375 g/mol. The third-order valence-electron chi connectivity index (χ3n) is 4.54. The van der Waals surface area contributed by atoms with Gasteiger partial charge in [0, 0.05) is 12.2 Å². The maximum atomic E-state index is 12.3. The highest BCUT2D eigenvalue weighted by molar-refractivity contribution is 5.92. The Hall–Kier alpha value is -3.54. The van der Waals surface area contributed by atoms with Crippen LogP contribution in [0.15, 0.2) is 60.8 Å². The van der Waals surface area contributed by atoms with Gasteiger partial charge in [-0.05, 0) is 53.9 Å². The zero-order chi connectivity index (χ0) is 19.3. The fourth-order valence-electron chi connectivity index (χ4n) is 2.92. The molecule has 0 saturated heterocycles. The molecule has 2 heterocycles. The Morgan fingerprint density at radius 3 is 2.46 bits per heavy atom. The number of fused-ring (bicyclic) bond motifs is 1. The minimum absolute atomic E-state index is 0.225. The summed E-state index contributed by atoms with van der Waals surface area (Å²) in [7, 11) is 0. The van der Waals surface area contributed by atoms with Crippen LogP contribution in [-0.4, -0.2) is 17.7 Å². The third-order valence-corrected chi connectivity index (χ3v) is 4.54. The van der Waals surface area contributed by atoms with Gasteiger partial charge in [0.2, 0.25) is 6.79 Å². The minimum atomic E-state index is -0.225. The topological polar surface area (TPSA) is 72.5 Å². The quantitative estimate of drug-likeness (QED) is 0.680. The molecule has 0 unspecified atom stereocenters. The lowest BCUT2D eigenvalue weighted by Crippen LogP contribution is -2.23. The molecule has 1 aliphatic rings. The molecule has 6 heteroatoms. The Kier molecular flexibility index (Phi) is 5.10. The molecule has 2 aromatic carbocycles.